The summed E-state index contributed by atoms with van der Waals surface area (Å²) in [4.78, 5) is 28.8. The van der Waals surface area contributed by atoms with E-state index in [1.54, 1.807) is 35.2 Å². The van der Waals surface area contributed by atoms with Crippen LogP contribution < -0.4 is 10.6 Å². The standard InChI is InChI=1S/C27H18F3N5O2/c28-27(29,30)26(37)31-14-16-12-13-34(15-16)18-10-8-17(9-11-18)24-32-21-6-3-4-19-23(21)35(24)22-7-2-1-5-20(22)33-25(19)36/h1-13,15H,14H2,(H,31,37)(H,33,36). The van der Waals surface area contributed by atoms with E-state index >= 15 is 0 Å². The number of aromatic nitrogens is 3. The van der Waals surface area contributed by atoms with Crippen LogP contribution in [0.2, 0.25) is 0 Å². The molecule has 0 spiro atoms. The summed E-state index contributed by atoms with van der Waals surface area (Å²) in [6.45, 7) is -0.234. The zero-order valence-electron chi connectivity index (χ0n) is 19.1. The zero-order chi connectivity index (χ0) is 25.7. The molecule has 3 heterocycles. The number of rotatable bonds is 4. The molecular formula is C27H18F3N5O2. The summed E-state index contributed by atoms with van der Waals surface area (Å²) in [7, 11) is 0. The Hall–Kier alpha value is -4.86. The van der Waals surface area contributed by atoms with E-state index < -0.39 is 12.1 Å². The van der Waals surface area contributed by atoms with Gasteiger partial charge in [-0.25, -0.2) is 4.98 Å². The summed E-state index contributed by atoms with van der Waals surface area (Å²) >= 11 is 0. The Bertz CT molecular complexity index is 1680. The fraction of sp³-hybridized carbons (Fsp3) is 0.0741. The Labute approximate surface area is 208 Å². The van der Waals surface area contributed by atoms with E-state index in [1.807, 2.05) is 64.5 Å². The van der Waals surface area contributed by atoms with Gasteiger partial charge in [-0.1, -0.05) is 18.2 Å². The number of fused-ring (bicyclic) bond motifs is 2. The third kappa shape index (κ3) is 3.92. The van der Waals surface area contributed by atoms with Gasteiger partial charge in [-0.3, -0.25) is 14.2 Å². The second-order valence-electron chi connectivity index (χ2n) is 8.57. The number of imidazole rings is 1. The van der Waals surface area contributed by atoms with Crippen LogP contribution in [0.5, 0.6) is 0 Å². The van der Waals surface area contributed by atoms with Crippen LogP contribution in [-0.4, -0.2) is 32.1 Å². The number of anilines is 1. The van der Waals surface area contributed by atoms with Crippen LogP contribution in [0.25, 0.3) is 33.8 Å². The molecule has 1 aliphatic heterocycles. The Balaban J connectivity index is 1.35. The highest BCUT2D eigenvalue weighted by Crippen LogP contribution is 2.36. The molecule has 0 saturated carbocycles. The van der Waals surface area contributed by atoms with Gasteiger partial charge < -0.3 is 15.2 Å². The molecule has 5 aromatic rings. The smallest absolute Gasteiger partial charge is 0.344 e. The van der Waals surface area contributed by atoms with Crippen molar-refractivity contribution in [1.29, 1.82) is 0 Å². The topological polar surface area (TPSA) is 81.0 Å². The van der Waals surface area contributed by atoms with Crippen LogP contribution in [0.1, 0.15) is 15.9 Å². The maximum absolute atomic E-state index is 12.9. The lowest BCUT2D eigenvalue weighted by atomic mass is 10.1. The minimum atomic E-state index is -4.92. The predicted molar refractivity (Wildman–Crippen MR) is 132 cm³/mol. The Morgan fingerprint density at radius 3 is 2.54 bits per heavy atom. The number of hydrogen-bond acceptors (Lipinski definition) is 3. The SMILES string of the molecule is O=C1Nc2ccccc2-n2c(-c3ccc(-n4ccc(CNC(=O)C(F)(F)F)c4)cc3)nc3cccc1c32. The summed E-state index contributed by atoms with van der Waals surface area (Å²) in [6, 6.07) is 22.1. The van der Waals surface area contributed by atoms with Gasteiger partial charge in [0.15, 0.2) is 0 Å². The Morgan fingerprint density at radius 2 is 1.76 bits per heavy atom. The highest BCUT2D eigenvalue weighted by molar-refractivity contribution is 6.14. The third-order valence-electron chi connectivity index (χ3n) is 6.20. The van der Waals surface area contributed by atoms with Gasteiger partial charge in [-0.2, -0.15) is 13.2 Å². The van der Waals surface area contributed by atoms with Gasteiger partial charge in [0.25, 0.3) is 5.91 Å². The van der Waals surface area contributed by atoms with E-state index in [-0.39, 0.29) is 12.5 Å². The Morgan fingerprint density at radius 1 is 0.973 bits per heavy atom. The average Bonchev–Trinajstić information content (AvgIpc) is 3.49. The molecule has 0 unspecified atom stereocenters. The highest BCUT2D eigenvalue weighted by Gasteiger charge is 2.38. The molecule has 0 radical (unpaired) electrons. The van der Waals surface area contributed by atoms with Gasteiger partial charge in [0.1, 0.15) is 5.82 Å². The third-order valence-corrected chi connectivity index (χ3v) is 6.20. The number of hydrogen-bond donors (Lipinski definition) is 2. The molecule has 184 valence electrons. The van der Waals surface area contributed by atoms with Crippen molar-refractivity contribution in [2.75, 3.05) is 5.32 Å². The van der Waals surface area contributed by atoms with Gasteiger partial charge in [0, 0.05) is 30.2 Å². The molecule has 1 aliphatic rings. The van der Waals surface area contributed by atoms with Crippen LogP contribution in [0, 0.1) is 0 Å². The van der Waals surface area contributed by atoms with E-state index in [4.69, 9.17) is 4.98 Å². The number of halogens is 3. The van der Waals surface area contributed by atoms with Gasteiger partial charge >= 0.3 is 12.1 Å². The molecule has 6 rings (SSSR count). The van der Waals surface area contributed by atoms with Gasteiger partial charge in [-0.15, -0.1) is 0 Å². The van der Waals surface area contributed by atoms with Gasteiger partial charge in [0.2, 0.25) is 0 Å². The van der Waals surface area contributed by atoms with E-state index in [0.717, 1.165) is 22.5 Å². The van der Waals surface area contributed by atoms with Crippen LogP contribution >= 0.6 is 0 Å². The highest BCUT2D eigenvalue weighted by atomic mass is 19.4. The molecule has 10 heteroatoms. The average molecular weight is 501 g/mol. The van der Waals surface area contributed by atoms with Crippen molar-refractivity contribution in [2.45, 2.75) is 12.7 Å². The molecule has 3 aromatic carbocycles. The van der Waals surface area contributed by atoms with Crippen molar-refractivity contribution in [1.82, 2.24) is 19.4 Å². The van der Waals surface area contributed by atoms with Crippen molar-refractivity contribution in [3.05, 3.63) is 96.3 Å². The first-order valence-electron chi connectivity index (χ1n) is 11.3. The second kappa shape index (κ2) is 8.37. The minimum Gasteiger partial charge on any atom is -0.344 e. The van der Waals surface area contributed by atoms with Gasteiger partial charge in [-0.05, 0) is 60.2 Å². The van der Waals surface area contributed by atoms with E-state index in [1.165, 1.54) is 0 Å². The molecule has 0 aliphatic carbocycles. The number of para-hydroxylation sites is 3. The number of benzene rings is 3. The van der Waals surface area contributed by atoms with Gasteiger partial charge in [0.05, 0.1) is 28.0 Å². The lowest BCUT2D eigenvalue weighted by Crippen LogP contribution is -2.36. The maximum Gasteiger partial charge on any atom is 0.471 e. The molecule has 0 fully saturated rings. The maximum atomic E-state index is 12.9. The molecule has 2 N–H and O–H groups in total. The summed E-state index contributed by atoms with van der Waals surface area (Å²) < 4.78 is 41.0. The first kappa shape index (κ1) is 22.6. The van der Waals surface area contributed by atoms with E-state index in [0.29, 0.717) is 28.2 Å². The van der Waals surface area contributed by atoms with Crippen LogP contribution in [0.15, 0.2) is 85.2 Å². The van der Waals surface area contributed by atoms with Crippen molar-refractivity contribution in [3.63, 3.8) is 0 Å². The van der Waals surface area contributed by atoms with Crippen molar-refractivity contribution >= 4 is 28.5 Å². The number of amides is 2. The van der Waals surface area contributed by atoms with E-state index in [2.05, 4.69) is 5.32 Å². The normalized spacial score (nSPS) is 12.7. The van der Waals surface area contributed by atoms with Crippen LogP contribution in [0.4, 0.5) is 18.9 Å². The molecule has 0 bridgehead atoms. The summed E-state index contributed by atoms with van der Waals surface area (Å²) in [5.41, 5.74) is 5.56. The number of alkyl halides is 3. The van der Waals surface area contributed by atoms with Crippen molar-refractivity contribution in [3.8, 4) is 22.8 Å². The molecule has 2 amide bonds. The second-order valence-corrected chi connectivity index (χ2v) is 8.57. The molecule has 0 saturated heterocycles. The zero-order valence-corrected chi connectivity index (χ0v) is 19.1. The number of nitrogens with zero attached hydrogens (tertiary/aromatic N) is 3. The largest absolute Gasteiger partial charge is 0.471 e. The number of nitrogens with one attached hydrogen (secondary N) is 2. The quantitative estimate of drug-likeness (QED) is 0.354. The summed E-state index contributed by atoms with van der Waals surface area (Å²) in [5, 5.41) is 4.84. The monoisotopic (exact) mass is 501 g/mol. The minimum absolute atomic E-state index is 0.201. The van der Waals surface area contributed by atoms with Crippen LogP contribution in [0.3, 0.4) is 0 Å². The van der Waals surface area contributed by atoms with Crippen LogP contribution in [-0.2, 0) is 11.3 Å². The Kier molecular flexibility index (Phi) is 5.11. The van der Waals surface area contributed by atoms with Crippen molar-refractivity contribution < 1.29 is 22.8 Å². The fourth-order valence-electron chi connectivity index (χ4n) is 4.47. The first-order valence-corrected chi connectivity index (χ1v) is 11.3. The fourth-order valence-corrected chi connectivity index (χ4v) is 4.47. The molecule has 37 heavy (non-hydrogen) atoms. The molecule has 7 nitrogen and oxygen atoms in total. The summed E-state index contributed by atoms with van der Waals surface area (Å²) in [6.07, 6.45) is -1.55. The lowest BCUT2D eigenvalue weighted by Gasteiger charge is -2.12. The molecular weight excluding hydrogens is 483 g/mol. The first-order chi connectivity index (χ1) is 17.8. The van der Waals surface area contributed by atoms with E-state index in [9.17, 15) is 22.8 Å². The molecule has 0 atom stereocenters. The van der Waals surface area contributed by atoms with Crippen molar-refractivity contribution in [2.24, 2.45) is 0 Å². The number of carbonyl (C=O) groups excluding carboxylic acids is 2. The molecule has 2 aromatic heterocycles. The lowest BCUT2D eigenvalue weighted by molar-refractivity contribution is -0.173. The summed E-state index contributed by atoms with van der Waals surface area (Å²) in [5.74, 6) is -1.51. The number of carbonyl (C=O) groups is 2. The predicted octanol–water partition coefficient (Wildman–Crippen LogP) is 5.23.